The average molecular weight is 415 g/mol. The van der Waals surface area contributed by atoms with Crippen molar-refractivity contribution in [2.45, 2.75) is 20.5 Å². The number of carbonyl (C=O) groups is 1. The van der Waals surface area contributed by atoms with Crippen molar-refractivity contribution in [2.75, 3.05) is 12.4 Å². The Kier molecular flexibility index (Phi) is 5.44. The number of rotatable bonds is 7. The number of benzene rings is 1. The number of ether oxygens (including phenoxy) is 1. The van der Waals surface area contributed by atoms with Gasteiger partial charge in [0.05, 0.1) is 28.7 Å². The summed E-state index contributed by atoms with van der Waals surface area (Å²) in [6, 6.07) is 5.27. The third-order valence-corrected chi connectivity index (χ3v) is 4.32. The molecule has 1 N–H and O–H groups in total. The third-order valence-electron chi connectivity index (χ3n) is 4.32. The van der Waals surface area contributed by atoms with E-state index in [0.717, 1.165) is 0 Å². The van der Waals surface area contributed by atoms with E-state index in [1.165, 1.54) is 46.9 Å². The largest absolute Gasteiger partial charge is 0.494 e. The fraction of sp³-hybridized carbons (Fsp3) is 0.235. The number of aromatic nitrogens is 4. The molecule has 0 fully saturated rings. The first-order valence-corrected chi connectivity index (χ1v) is 8.57. The second-order valence-electron chi connectivity index (χ2n) is 6.25. The van der Waals surface area contributed by atoms with Crippen molar-refractivity contribution >= 4 is 23.0 Å². The molecule has 2 aromatic heterocycles. The van der Waals surface area contributed by atoms with E-state index in [4.69, 9.17) is 4.74 Å². The molecule has 0 saturated carbocycles. The number of non-ortho nitro benzene ring substituents is 1. The number of aryl methyl sites for hydroxylation is 1. The Balaban J connectivity index is 1.77. The molecule has 0 bridgehead atoms. The van der Waals surface area contributed by atoms with Gasteiger partial charge in [-0.2, -0.15) is 10.2 Å². The zero-order chi connectivity index (χ0) is 22.0. The number of nitrogens with zero attached hydrogens (tertiary/aromatic N) is 6. The van der Waals surface area contributed by atoms with Crippen molar-refractivity contribution in [1.29, 1.82) is 0 Å². The minimum atomic E-state index is -0.570. The predicted molar refractivity (Wildman–Crippen MR) is 104 cm³/mol. The van der Waals surface area contributed by atoms with Gasteiger partial charge in [-0.1, -0.05) is 0 Å². The zero-order valence-electron chi connectivity index (χ0n) is 16.2. The molecule has 3 aromatic rings. The van der Waals surface area contributed by atoms with Gasteiger partial charge in [0.1, 0.15) is 23.8 Å². The van der Waals surface area contributed by atoms with Crippen LogP contribution in [-0.4, -0.2) is 42.4 Å². The van der Waals surface area contributed by atoms with Crippen LogP contribution in [0.4, 0.5) is 17.1 Å². The third kappa shape index (κ3) is 3.94. The maximum absolute atomic E-state index is 12.5. The standard InChI is InChI=1S/C17H17N7O6/c1-10-16(24(28)29)11(2)22(19-10)9-21-7-6-14(20-21)17(25)18-13-5-4-12(23(26)27)8-15(13)30-3/h4-8H,9H2,1-3H3,(H,18,25). The first-order chi connectivity index (χ1) is 14.2. The van der Waals surface area contributed by atoms with Crippen LogP contribution in [0.3, 0.4) is 0 Å². The van der Waals surface area contributed by atoms with E-state index in [1.807, 2.05) is 0 Å². The normalized spacial score (nSPS) is 10.6. The summed E-state index contributed by atoms with van der Waals surface area (Å²) in [6.45, 7) is 3.20. The molecule has 0 saturated heterocycles. The van der Waals surface area contributed by atoms with Crippen molar-refractivity contribution in [3.63, 3.8) is 0 Å². The number of nitrogens with one attached hydrogen (secondary N) is 1. The number of hydrogen-bond donors (Lipinski definition) is 1. The zero-order valence-corrected chi connectivity index (χ0v) is 16.2. The Morgan fingerprint density at radius 1 is 1.17 bits per heavy atom. The summed E-state index contributed by atoms with van der Waals surface area (Å²) >= 11 is 0. The van der Waals surface area contributed by atoms with Crippen molar-refractivity contribution in [2.24, 2.45) is 0 Å². The highest BCUT2D eigenvalue weighted by Gasteiger charge is 2.22. The number of nitro groups is 2. The van der Waals surface area contributed by atoms with Gasteiger partial charge < -0.3 is 10.1 Å². The molecule has 3 rings (SSSR count). The first kappa shape index (κ1) is 20.4. The Labute approximate surface area is 169 Å². The second kappa shape index (κ2) is 7.98. The lowest BCUT2D eigenvalue weighted by molar-refractivity contribution is -0.386. The van der Waals surface area contributed by atoms with Gasteiger partial charge in [0.25, 0.3) is 11.6 Å². The molecule has 0 radical (unpaired) electrons. The van der Waals surface area contributed by atoms with Crippen LogP contribution in [0.2, 0.25) is 0 Å². The molecule has 0 aliphatic heterocycles. The van der Waals surface area contributed by atoms with Crippen molar-refractivity contribution in [3.05, 3.63) is 67.8 Å². The lowest BCUT2D eigenvalue weighted by Crippen LogP contribution is -2.16. The number of carbonyl (C=O) groups excluding carboxylic acids is 1. The Bertz CT molecular complexity index is 1150. The van der Waals surface area contributed by atoms with Gasteiger partial charge in [0, 0.05) is 12.3 Å². The maximum atomic E-state index is 12.5. The molecule has 1 amide bonds. The SMILES string of the molecule is COc1cc([N+](=O)[O-])ccc1NC(=O)c1ccn(Cn2nc(C)c([N+](=O)[O-])c2C)n1. The highest BCUT2D eigenvalue weighted by molar-refractivity contribution is 6.03. The maximum Gasteiger partial charge on any atom is 0.312 e. The van der Waals surface area contributed by atoms with Crippen molar-refractivity contribution in [1.82, 2.24) is 19.6 Å². The highest BCUT2D eigenvalue weighted by atomic mass is 16.6. The molecule has 13 heteroatoms. The molecule has 30 heavy (non-hydrogen) atoms. The van der Waals surface area contributed by atoms with Crippen molar-refractivity contribution < 1.29 is 19.4 Å². The number of nitro benzene ring substituents is 1. The molecule has 156 valence electrons. The van der Waals surface area contributed by atoms with Gasteiger partial charge in [-0.15, -0.1) is 0 Å². The summed E-state index contributed by atoms with van der Waals surface area (Å²) in [7, 11) is 1.33. The van der Waals surface area contributed by atoms with Crippen LogP contribution in [0, 0.1) is 34.1 Å². The van der Waals surface area contributed by atoms with E-state index >= 15 is 0 Å². The summed E-state index contributed by atoms with van der Waals surface area (Å²) in [5.41, 5.74) is 0.740. The smallest absolute Gasteiger partial charge is 0.312 e. The second-order valence-corrected chi connectivity index (χ2v) is 6.25. The number of hydrogen-bond acceptors (Lipinski definition) is 8. The molecular weight excluding hydrogens is 398 g/mol. The van der Waals surface area contributed by atoms with E-state index in [-0.39, 0.29) is 40.9 Å². The van der Waals surface area contributed by atoms with E-state index in [9.17, 15) is 25.0 Å². The van der Waals surface area contributed by atoms with Crippen LogP contribution in [0.15, 0.2) is 30.5 Å². The summed E-state index contributed by atoms with van der Waals surface area (Å²) in [5, 5.41) is 32.9. The molecule has 0 atom stereocenters. The van der Waals surface area contributed by atoms with Crippen molar-refractivity contribution in [3.8, 4) is 5.75 Å². The lowest BCUT2D eigenvalue weighted by atomic mass is 10.2. The summed E-state index contributed by atoms with van der Waals surface area (Å²) < 4.78 is 7.92. The van der Waals surface area contributed by atoms with Crippen LogP contribution >= 0.6 is 0 Å². The number of methoxy groups -OCH3 is 1. The van der Waals surface area contributed by atoms with Gasteiger partial charge in [-0.3, -0.25) is 29.7 Å². The molecule has 13 nitrogen and oxygen atoms in total. The number of anilines is 1. The predicted octanol–water partition coefficient (Wildman–Crippen LogP) is 2.28. The average Bonchev–Trinajstić information content (AvgIpc) is 3.26. The summed E-state index contributed by atoms with van der Waals surface area (Å²) in [5.74, 6) is -0.424. The lowest BCUT2D eigenvalue weighted by Gasteiger charge is -2.09. The molecule has 0 aliphatic carbocycles. The quantitative estimate of drug-likeness (QED) is 0.454. The fourth-order valence-corrected chi connectivity index (χ4v) is 2.87. The summed E-state index contributed by atoms with van der Waals surface area (Å²) in [4.78, 5) is 33.4. The van der Waals surface area contributed by atoms with E-state index in [0.29, 0.717) is 5.69 Å². The van der Waals surface area contributed by atoms with Crippen LogP contribution < -0.4 is 10.1 Å². The molecular formula is C17H17N7O6. The molecule has 0 aliphatic rings. The van der Waals surface area contributed by atoms with E-state index in [2.05, 4.69) is 15.5 Å². The monoisotopic (exact) mass is 415 g/mol. The van der Waals surface area contributed by atoms with Gasteiger partial charge in [-0.05, 0) is 26.0 Å². The van der Waals surface area contributed by atoms with Gasteiger partial charge in [-0.25, -0.2) is 4.68 Å². The van der Waals surface area contributed by atoms with Gasteiger partial charge in [0.15, 0.2) is 5.69 Å². The van der Waals surface area contributed by atoms with E-state index < -0.39 is 15.8 Å². The Hall–Kier alpha value is -4.29. The highest BCUT2D eigenvalue weighted by Crippen LogP contribution is 2.29. The van der Waals surface area contributed by atoms with E-state index in [1.54, 1.807) is 13.8 Å². The minimum absolute atomic E-state index is 0.0645. The molecule has 2 heterocycles. The van der Waals surface area contributed by atoms with Crippen LogP contribution in [0.25, 0.3) is 0 Å². The van der Waals surface area contributed by atoms with Crippen LogP contribution in [0.1, 0.15) is 21.9 Å². The topological polar surface area (TPSA) is 160 Å². The molecule has 0 unspecified atom stereocenters. The van der Waals surface area contributed by atoms with Crippen LogP contribution in [-0.2, 0) is 6.67 Å². The number of amides is 1. The van der Waals surface area contributed by atoms with Crippen LogP contribution in [0.5, 0.6) is 5.75 Å². The van der Waals surface area contributed by atoms with Gasteiger partial charge in [0.2, 0.25) is 0 Å². The first-order valence-electron chi connectivity index (χ1n) is 8.57. The minimum Gasteiger partial charge on any atom is -0.494 e. The Morgan fingerprint density at radius 2 is 1.90 bits per heavy atom. The molecule has 0 spiro atoms. The fourth-order valence-electron chi connectivity index (χ4n) is 2.87. The molecule has 1 aromatic carbocycles. The summed E-state index contributed by atoms with van der Waals surface area (Å²) in [6.07, 6.45) is 1.53. The Morgan fingerprint density at radius 3 is 2.50 bits per heavy atom. The van der Waals surface area contributed by atoms with Gasteiger partial charge >= 0.3 is 5.69 Å².